The number of rotatable bonds is 1. The number of amides is 2. The van der Waals surface area contributed by atoms with Crippen molar-refractivity contribution in [3.05, 3.63) is 23.5 Å². The molecule has 0 bridgehead atoms. The van der Waals surface area contributed by atoms with E-state index in [1.165, 1.54) is 6.07 Å². The SMILES string of the molecule is O=C1CCN(c2cc3c(cc2F)C(=O)C(=O)N3)CCN1. The molecule has 0 saturated carbocycles. The Balaban J connectivity index is 1.95. The zero-order valence-corrected chi connectivity index (χ0v) is 10.5. The van der Waals surface area contributed by atoms with Gasteiger partial charge in [0.05, 0.1) is 16.9 Å². The number of hydrogen-bond acceptors (Lipinski definition) is 4. The summed E-state index contributed by atoms with van der Waals surface area (Å²) in [5, 5.41) is 5.12. The standard InChI is InChI=1S/C13H12FN3O3/c14-8-5-7-9(16-13(20)12(7)19)6-10(8)17-3-1-11(18)15-2-4-17/h5-6H,1-4H2,(H,15,18)(H,16,19,20). The van der Waals surface area contributed by atoms with Crippen LogP contribution in [0.25, 0.3) is 0 Å². The van der Waals surface area contributed by atoms with Crippen molar-refractivity contribution in [3.8, 4) is 0 Å². The minimum atomic E-state index is -0.746. The summed E-state index contributed by atoms with van der Waals surface area (Å²) < 4.78 is 14.1. The van der Waals surface area contributed by atoms with E-state index in [0.29, 0.717) is 25.3 Å². The summed E-state index contributed by atoms with van der Waals surface area (Å²) in [6.07, 6.45) is 0.280. The van der Waals surface area contributed by atoms with Crippen LogP contribution in [0.2, 0.25) is 0 Å². The van der Waals surface area contributed by atoms with Gasteiger partial charge in [-0.3, -0.25) is 14.4 Å². The van der Waals surface area contributed by atoms with Crippen molar-refractivity contribution in [1.82, 2.24) is 5.32 Å². The van der Waals surface area contributed by atoms with Crippen LogP contribution in [0.4, 0.5) is 15.8 Å². The molecule has 2 N–H and O–H groups in total. The molecule has 2 amide bonds. The topological polar surface area (TPSA) is 78.5 Å². The zero-order valence-electron chi connectivity index (χ0n) is 10.5. The first kappa shape index (κ1) is 12.6. The van der Waals surface area contributed by atoms with Crippen LogP contribution in [0.15, 0.2) is 12.1 Å². The molecule has 7 heteroatoms. The maximum absolute atomic E-state index is 14.1. The number of nitrogens with one attached hydrogen (secondary N) is 2. The van der Waals surface area contributed by atoms with E-state index in [-0.39, 0.29) is 23.6 Å². The summed E-state index contributed by atoms with van der Waals surface area (Å²) in [4.78, 5) is 35.8. The Labute approximate surface area is 113 Å². The molecule has 3 rings (SSSR count). The van der Waals surface area contributed by atoms with Crippen molar-refractivity contribution in [2.75, 3.05) is 29.9 Å². The molecular weight excluding hydrogens is 265 g/mol. The van der Waals surface area contributed by atoms with Gasteiger partial charge < -0.3 is 15.5 Å². The average Bonchev–Trinajstić information content (AvgIpc) is 2.60. The van der Waals surface area contributed by atoms with E-state index < -0.39 is 17.5 Å². The quantitative estimate of drug-likeness (QED) is 0.723. The molecule has 1 aromatic rings. The lowest BCUT2D eigenvalue weighted by Gasteiger charge is -2.23. The lowest BCUT2D eigenvalue weighted by atomic mass is 10.1. The van der Waals surface area contributed by atoms with E-state index in [4.69, 9.17) is 0 Å². The number of benzene rings is 1. The second-order valence-corrected chi connectivity index (χ2v) is 4.72. The Hall–Kier alpha value is -2.44. The summed E-state index contributed by atoms with van der Waals surface area (Å²) in [5.41, 5.74) is 0.662. The molecule has 1 saturated heterocycles. The van der Waals surface area contributed by atoms with Gasteiger partial charge in [-0.15, -0.1) is 0 Å². The minimum absolute atomic E-state index is 0.0558. The predicted molar refractivity (Wildman–Crippen MR) is 69.2 cm³/mol. The Morgan fingerprint density at radius 2 is 1.95 bits per heavy atom. The first-order chi connectivity index (χ1) is 9.56. The molecule has 2 heterocycles. The predicted octanol–water partition coefficient (Wildman–Crippen LogP) is 0.287. The fourth-order valence-electron chi connectivity index (χ4n) is 2.40. The number of ketones is 1. The molecule has 20 heavy (non-hydrogen) atoms. The Bertz CT molecular complexity index is 630. The number of carbonyl (C=O) groups is 3. The van der Waals surface area contributed by atoms with Crippen molar-refractivity contribution in [1.29, 1.82) is 0 Å². The third-order valence-electron chi connectivity index (χ3n) is 3.44. The van der Waals surface area contributed by atoms with Gasteiger partial charge >= 0.3 is 0 Å². The van der Waals surface area contributed by atoms with E-state index in [1.807, 2.05) is 0 Å². The van der Waals surface area contributed by atoms with Gasteiger partial charge in [0.25, 0.3) is 11.7 Å². The summed E-state index contributed by atoms with van der Waals surface area (Å²) in [6.45, 7) is 1.30. The van der Waals surface area contributed by atoms with Crippen LogP contribution in [0.1, 0.15) is 16.8 Å². The van der Waals surface area contributed by atoms with Gasteiger partial charge in [0.2, 0.25) is 5.91 Å². The van der Waals surface area contributed by atoms with Crippen LogP contribution >= 0.6 is 0 Å². The van der Waals surface area contributed by atoms with Crippen LogP contribution < -0.4 is 15.5 Å². The van der Waals surface area contributed by atoms with E-state index >= 15 is 0 Å². The van der Waals surface area contributed by atoms with Gasteiger partial charge in [-0.05, 0) is 12.1 Å². The second-order valence-electron chi connectivity index (χ2n) is 4.72. The van der Waals surface area contributed by atoms with E-state index in [9.17, 15) is 18.8 Å². The first-order valence-electron chi connectivity index (χ1n) is 6.27. The molecular formula is C13H12FN3O3. The highest BCUT2D eigenvalue weighted by Crippen LogP contribution is 2.31. The van der Waals surface area contributed by atoms with Crippen molar-refractivity contribution in [2.24, 2.45) is 0 Å². The number of nitrogens with zero attached hydrogens (tertiary/aromatic N) is 1. The van der Waals surface area contributed by atoms with Gasteiger partial charge in [0.1, 0.15) is 5.82 Å². The zero-order chi connectivity index (χ0) is 14.3. The van der Waals surface area contributed by atoms with Crippen molar-refractivity contribution >= 4 is 29.0 Å². The summed E-state index contributed by atoms with van der Waals surface area (Å²) >= 11 is 0. The Kier molecular flexibility index (Phi) is 2.89. The van der Waals surface area contributed by atoms with Crippen molar-refractivity contribution in [3.63, 3.8) is 0 Å². The molecule has 0 unspecified atom stereocenters. The van der Waals surface area contributed by atoms with Gasteiger partial charge in [-0.25, -0.2) is 4.39 Å². The molecule has 0 aromatic heterocycles. The largest absolute Gasteiger partial charge is 0.367 e. The third-order valence-corrected chi connectivity index (χ3v) is 3.44. The molecule has 0 atom stereocenters. The van der Waals surface area contributed by atoms with E-state index in [2.05, 4.69) is 10.6 Å². The van der Waals surface area contributed by atoms with Gasteiger partial charge in [0.15, 0.2) is 0 Å². The molecule has 2 aliphatic rings. The molecule has 0 aliphatic carbocycles. The maximum Gasteiger partial charge on any atom is 0.296 e. The number of halogens is 1. The highest BCUT2D eigenvalue weighted by Gasteiger charge is 2.30. The molecule has 0 radical (unpaired) electrons. The summed E-state index contributed by atoms with van der Waals surface area (Å²) in [7, 11) is 0. The maximum atomic E-state index is 14.1. The van der Waals surface area contributed by atoms with Crippen LogP contribution in [-0.2, 0) is 9.59 Å². The number of fused-ring (bicyclic) bond motifs is 1. The molecule has 1 fully saturated rings. The number of hydrogen-bond donors (Lipinski definition) is 2. The van der Waals surface area contributed by atoms with Crippen LogP contribution in [0, 0.1) is 5.82 Å². The minimum Gasteiger partial charge on any atom is -0.367 e. The first-order valence-corrected chi connectivity index (χ1v) is 6.27. The lowest BCUT2D eigenvalue weighted by molar-refractivity contribution is -0.120. The molecule has 0 spiro atoms. The van der Waals surface area contributed by atoms with Crippen LogP contribution in [0.3, 0.4) is 0 Å². The van der Waals surface area contributed by atoms with Crippen LogP contribution in [-0.4, -0.2) is 37.2 Å². The Morgan fingerprint density at radius 1 is 1.15 bits per heavy atom. The second kappa shape index (κ2) is 4.59. The van der Waals surface area contributed by atoms with Crippen molar-refractivity contribution < 1.29 is 18.8 Å². The number of Topliss-reactive ketones (excluding diaryl/α,β-unsaturated/α-hetero) is 1. The third kappa shape index (κ3) is 2.01. The fourth-order valence-corrected chi connectivity index (χ4v) is 2.40. The molecule has 1 aromatic carbocycles. The molecule has 104 valence electrons. The Morgan fingerprint density at radius 3 is 2.75 bits per heavy atom. The highest BCUT2D eigenvalue weighted by atomic mass is 19.1. The summed E-state index contributed by atoms with van der Waals surface area (Å²) in [6, 6.07) is 2.52. The van der Waals surface area contributed by atoms with E-state index in [1.54, 1.807) is 4.90 Å². The molecule has 2 aliphatic heterocycles. The van der Waals surface area contributed by atoms with Gasteiger partial charge in [-0.1, -0.05) is 0 Å². The van der Waals surface area contributed by atoms with Crippen LogP contribution in [0.5, 0.6) is 0 Å². The smallest absolute Gasteiger partial charge is 0.296 e. The average molecular weight is 277 g/mol. The number of carbonyl (C=O) groups excluding carboxylic acids is 3. The van der Waals surface area contributed by atoms with Gasteiger partial charge in [-0.2, -0.15) is 0 Å². The normalized spacial score (nSPS) is 18.4. The molecule has 6 nitrogen and oxygen atoms in total. The lowest BCUT2D eigenvalue weighted by Crippen LogP contribution is -2.29. The van der Waals surface area contributed by atoms with Gasteiger partial charge in [0, 0.05) is 26.1 Å². The van der Waals surface area contributed by atoms with Crippen molar-refractivity contribution in [2.45, 2.75) is 6.42 Å². The summed E-state index contributed by atoms with van der Waals surface area (Å²) in [5.74, 6) is -2.11. The van der Waals surface area contributed by atoms with E-state index in [0.717, 1.165) is 6.07 Å². The fraction of sp³-hybridized carbons (Fsp3) is 0.308. The highest BCUT2D eigenvalue weighted by molar-refractivity contribution is 6.51. The number of anilines is 2. The monoisotopic (exact) mass is 277 g/mol.